The van der Waals surface area contributed by atoms with Gasteiger partial charge in [0, 0.05) is 5.56 Å². The van der Waals surface area contributed by atoms with Gasteiger partial charge in [-0.3, -0.25) is 5.43 Å². The van der Waals surface area contributed by atoms with Crippen LogP contribution >= 0.6 is 0 Å². The number of hydrazone groups is 1. The second kappa shape index (κ2) is 5.25. The van der Waals surface area contributed by atoms with Crippen LogP contribution in [0.1, 0.15) is 11.1 Å². The van der Waals surface area contributed by atoms with Gasteiger partial charge in [0.05, 0.1) is 11.9 Å². The lowest BCUT2D eigenvalue weighted by Crippen LogP contribution is -1.94. The molecule has 0 aromatic heterocycles. The number of nitrogens with one attached hydrogen (secondary N) is 1. The quantitative estimate of drug-likeness (QED) is 0.630. The Labute approximate surface area is 99.8 Å². The van der Waals surface area contributed by atoms with Gasteiger partial charge in [0.2, 0.25) is 0 Å². The predicted octanol–water partition coefficient (Wildman–Crippen LogP) is 3.58. The number of halogens is 1. The number of benzene rings is 2. The molecule has 0 unspecified atom stereocenters. The number of hydrogen-bond donors (Lipinski definition) is 1. The highest BCUT2D eigenvalue weighted by molar-refractivity contribution is 5.80. The monoisotopic (exact) mass is 228 g/mol. The van der Waals surface area contributed by atoms with Crippen LogP contribution in [0.4, 0.5) is 10.1 Å². The third-order valence-corrected chi connectivity index (χ3v) is 2.44. The molecule has 0 saturated heterocycles. The zero-order valence-corrected chi connectivity index (χ0v) is 9.52. The van der Waals surface area contributed by atoms with Gasteiger partial charge in [-0.15, -0.1) is 0 Å². The van der Waals surface area contributed by atoms with Crippen LogP contribution in [0, 0.1) is 12.7 Å². The van der Waals surface area contributed by atoms with Crippen molar-refractivity contribution < 1.29 is 4.39 Å². The van der Waals surface area contributed by atoms with E-state index in [0.29, 0.717) is 5.56 Å². The lowest BCUT2D eigenvalue weighted by Gasteiger charge is -2.03. The summed E-state index contributed by atoms with van der Waals surface area (Å²) in [6.07, 6.45) is 1.47. The molecule has 2 aromatic rings. The van der Waals surface area contributed by atoms with E-state index in [1.165, 1.54) is 12.3 Å². The number of rotatable bonds is 3. The maximum Gasteiger partial charge on any atom is 0.132 e. The molecule has 0 heterocycles. The van der Waals surface area contributed by atoms with Gasteiger partial charge in [-0.1, -0.05) is 36.4 Å². The van der Waals surface area contributed by atoms with Crippen molar-refractivity contribution in [2.75, 3.05) is 5.43 Å². The van der Waals surface area contributed by atoms with Gasteiger partial charge in [-0.2, -0.15) is 5.10 Å². The van der Waals surface area contributed by atoms with Crippen LogP contribution in [0.15, 0.2) is 53.6 Å². The molecule has 2 rings (SSSR count). The number of aryl methyl sites for hydroxylation is 1. The van der Waals surface area contributed by atoms with Gasteiger partial charge in [-0.05, 0) is 24.6 Å². The smallest absolute Gasteiger partial charge is 0.132 e. The highest BCUT2D eigenvalue weighted by Crippen LogP contribution is 2.12. The Morgan fingerprint density at radius 3 is 2.53 bits per heavy atom. The van der Waals surface area contributed by atoms with Gasteiger partial charge in [0.1, 0.15) is 5.82 Å². The summed E-state index contributed by atoms with van der Waals surface area (Å²) in [5.41, 5.74) is 5.37. The van der Waals surface area contributed by atoms with Crippen LogP contribution < -0.4 is 5.43 Å². The Bertz CT molecular complexity index is 535. The molecule has 0 amide bonds. The van der Waals surface area contributed by atoms with E-state index in [1.807, 2.05) is 31.2 Å². The van der Waals surface area contributed by atoms with Crippen LogP contribution in [0.25, 0.3) is 0 Å². The SMILES string of the molecule is Cc1ccccc1N/N=C\c1ccccc1F. The van der Waals surface area contributed by atoms with E-state index in [-0.39, 0.29) is 5.82 Å². The van der Waals surface area contributed by atoms with E-state index >= 15 is 0 Å². The zero-order valence-electron chi connectivity index (χ0n) is 9.52. The fraction of sp³-hybridized carbons (Fsp3) is 0.0714. The number of para-hydroxylation sites is 1. The molecule has 0 spiro atoms. The Hall–Kier alpha value is -2.16. The molecule has 0 saturated carbocycles. The zero-order chi connectivity index (χ0) is 12.1. The van der Waals surface area contributed by atoms with E-state index in [2.05, 4.69) is 10.5 Å². The molecule has 0 fully saturated rings. The molecule has 0 radical (unpaired) electrons. The summed E-state index contributed by atoms with van der Waals surface area (Å²) < 4.78 is 13.3. The van der Waals surface area contributed by atoms with E-state index in [0.717, 1.165) is 11.3 Å². The van der Waals surface area contributed by atoms with Gasteiger partial charge < -0.3 is 0 Å². The molecule has 1 N–H and O–H groups in total. The first kappa shape index (κ1) is 11.3. The third-order valence-electron chi connectivity index (χ3n) is 2.44. The van der Waals surface area contributed by atoms with Gasteiger partial charge in [0.25, 0.3) is 0 Å². The van der Waals surface area contributed by atoms with Crippen molar-refractivity contribution in [1.29, 1.82) is 0 Å². The Morgan fingerprint density at radius 2 is 1.76 bits per heavy atom. The van der Waals surface area contributed by atoms with Gasteiger partial charge in [-0.25, -0.2) is 4.39 Å². The van der Waals surface area contributed by atoms with Crippen LogP contribution in [0.3, 0.4) is 0 Å². The molecule has 86 valence electrons. The van der Waals surface area contributed by atoms with Crippen molar-refractivity contribution in [2.45, 2.75) is 6.92 Å². The maximum absolute atomic E-state index is 13.3. The normalized spacial score (nSPS) is 10.7. The second-order valence-corrected chi connectivity index (χ2v) is 3.71. The third kappa shape index (κ3) is 2.91. The molecule has 0 aliphatic carbocycles. The Balaban J connectivity index is 2.09. The summed E-state index contributed by atoms with van der Waals surface area (Å²) in [5, 5.41) is 4.02. The standard InChI is InChI=1S/C14H13FN2/c1-11-6-2-5-9-14(11)17-16-10-12-7-3-4-8-13(12)15/h2-10,17H,1H3/b16-10-. The summed E-state index contributed by atoms with van der Waals surface area (Å²) >= 11 is 0. The molecule has 17 heavy (non-hydrogen) atoms. The highest BCUT2D eigenvalue weighted by Gasteiger charge is 1.96. The lowest BCUT2D eigenvalue weighted by molar-refractivity contribution is 0.626. The Kier molecular flexibility index (Phi) is 3.50. The largest absolute Gasteiger partial charge is 0.278 e. The average Bonchev–Trinajstić information content (AvgIpc) is 2.34. The molecule has 3 heteroatoms. The predicted molar refractivity (Wildman–Crippen MR) is 68.8 cm³/mol. The van der Waals surface area contributed by atoms with E-state index < -0.39 is 0 Å². The van der Waals surface area contributed by atoms with Crippen LogP contribution in [0.5, 0.6) is 0 Å². The van der Waals surface area contributed by atoms with Gasteiger partial charge >= 0.3 is 0 Å². The van der Waals surface area contributed by atoms with Crippen molar-refractivity contribution in [3.63, 3.8) is 0 Å². The van der Waals surface area contributed by atoms with Crippen molar-refractivity contribution >= 4 is 11.9 Å². The van der Waals surface area contributed by atoms with Gasteiger partial charge in [0.15, 0.2) is 0 Å². The summed E-state index contributed by atoms with van der Waals surface area (Å²) in [6, 6.07) is 14.3. The molecule has 2 aromatic carbocycles. The number of nitrogens with zero attached hydrogens (tertiary/aromatic N) is 1. The van der Waals surface area contributed by atoms with E-state index in [4.69, 9.17) is 0 Å². The lowest BCUT2D eigenvalue weighted by atomic mass is 10.2. The number of anilines is 1. The van der Waals surface area contributed by atoms with Crippen LogP contribution in [0.2, 0.25) is 0 Å². The van der Waals surface area contributed by atoms with Crippen molar-refractivity contribution in [2.24, 2.45) is 5.10 Å². The fourth-order valence-corrected chi connectivity index (χ4v) is 1.45. The minimum absolute atomic E-state index is 0.275. The van der Waals surface area contributed by atoms with Crippen molar-refractivity contribution in [3.8, 4) is 0 Å². The fourth-order valence-electron chi connectivity index (χ4n) is 1.45. The summed E-state index contributed by atoms with van der Waals surface area (Å²) in [6.45, 7) is 1.99. The van der Waals surface area contributed by atoms with Crippen molar-refractivity contribution in [1.82, 2.24) is 0 Å². The van der Waals surface area contributed by atoms with Crippen molar-refractivity contribution in [3.05, 3.63) is 65.5 Å². The Morgan fingerprint density at radius 1 is 1.06 bits per heavy atom. The van der Waals surface area contributed by atoms with E-state index in [1.54, 1.807) is 18.2 Å². The molecule has 0 atom stereocenters. The topological polar surface area (TPSA) is 24.4 Å². The summed E-state index contributed by atoms with van der Waals surface area (Å²) in [5.74, 6) is -0.275. The first-order valence-corrected chi connectivity index (χ1v) is 5.36. The molecule has 0 aliphatic heterocycles. The minimum Gasteiger partial charge on any atom is -0.278 e. The van der Waals surface area contributed by atoms with Crippen LogP contribution in [-0.2, 0) is 0 Å². The van der Waals surface area contributed by atoms with Crippen LogP contribution in [-0.4, -0.2) is 6.21 Å². The van der Waals surface area contributed by atoms with E-state index in [9.17, 15) is 4.39 Å². The molecule has 0 aliphatic rings. The first-order chi connectivity index (χ1) is 8.27. The average molecular weight is 228 g/mol. The summed E-state index contributed by atoms with van der Waals surface area (Å²) in [4.78, 5) is 0. The molecular formula is C14H13FN2. The second-order valence-electron chi connectivity index (χ2n) is 3.71. The minimum atomic E-state index is -0.275. The molecule has 0 bridgehead atoms. The summed E-state index contributed by atoms with van der Waals surface area (Å²) in [7, 11) is 0. The molecular weight excluding hydrogens is 215 g/mol. The first-order valence-electron chi connectivity index (χ1n) is 5.36. The number of hydrogen-bond acceptors (Lipinski definition) is 2. The highest BCUT2D eigenvalue weighted by atomic mass is 19.1. The maximum atomic E-state index is 13.3. The molecule has 2 nitrogen and oxygen atoms in total.